The van der Waals surface area contributed by atoms with Crippen molar-refractivity contribution in [3.05, 3.63) is 81.9 Å². The average Bonchev–Trinajstić information content (AvgIpc) is 3.46. The van der Waals surface area contributed by atoms with Gasteiger partial charge in [0.1, 0.15) is 18.1 Å². The fourth-order valence-electron chi connectivity index (χ4n) is 5.66. The van der Waals surface area contributed by atoms with E-state index in [-0.39, 0.29) is 17.8 Å². The molecule has 5 rings (SSSR count). The molecule has 0 spiro atoms. The highest BCUT2D eigenvalue weighted by Gasteiger charge is 2.59. The molecule has 3 unspecified atom stereocenters. The number of benzene rings is 3. The van der Waals surface area contributed by atoms with Gasteiger partial charge in [0.25, 0.3) is 0 Å². The molecule has 176 valence electrons. The van der Waals surface area contributed by atoms with Crippen molar-refractivity contribution in [2.75, 3.05) is 7.11 Å². The zero-order valence-corrected chi connectivity index (χ0v) is 20.4. The Kier molecular flexibility index (Phi) is 5.85. The topological polar surface area (TPSA) is 55.8 Å². The Morgan fingerprint density at radius 2 is 1.79 bits per heavy atom. The van der Waals surface area contributed by atoms with Crippen molar-refractivity contribution in [1.29, 1.82) is 0 Å². The summed E-state index contributed by atoms with van der Waals surface area (Å²) < 4.78 is 11.9. The number of carboxylic acid groups (broad SMARTS) is 1. The van der Waals surface area contributed by atoms with Crippen molar-refractivity contribution < 1.29 is 19.4 Å². The third-order valence-electron chi connectivity index (χ3n) is 7.65. The summed E-state index contributed by atoms with van der Waals surface area (Å²) in [6.45, 7) is 6.89. The van der Waals surface area contributed by atoms with Crippen molar-refractivity contribution in [3.63, 3.8) is 0 Å². The predicted octanol–water partition coefficient (Wildman–Crippen LogP) is 6.34. The highest BCUT2D eigenvalue weighted by atomic mass is 16.5. The Balaban J connectivity index is 1.37. The van der Waals surface area contributed by atoms with Gasteiger partial charge < -0.3 is 14.6 Å². The lowest BCUT2D eigenvalue weighted by molar-refractivity contribution is -0.139. The molecule has 0 radical (unpaired) electrons. The molecule has 4 nitrogen and oxygen atoms in total. The lowest BCUT2D eigenvalue weighted by atomic mass is 9.96. The van der Waals surface area contributed by atoms with Crippen LogP contribution in [0.2, 0.25) is 0 Å². The first-order valence-electron chi connectivity index (χ1n) is 12.2. The molecule has 1 N–H and O–H groups in total. The first-order chi connectivity index (χ1) is 16.4. The predicted molar refractivity (Wildman–Crippen MR) is 134 cm³/mol. The van der Waals surface area contributed by atoms with Crippen LogP contribution >= 0.6 is 0 Å². The molecule has 0 saturated heterocycles. The molecule has 3 aromatic carbocycles. The first kappa shape index (κ1) is 22.5. The summed E-state index contributed by atoms with van der Waals surface area (Å²) in [7, 11) is 1.72. The number of hydrogen-bond donors (Lipinski definition) is 1. The fourth-order valence-corrected chi connectivity index (χ4v) is 5.66. The minimum Gasteiger partial charge on any atom is -0.496 e. The molecule has 1 saturated carbocycles. The highest BCUT2D eigenvalue weighted by Crippen LogP contribution is 2.62. The minimum absolute atomic E-state index is 0.194. The van der Waals surface area contributed by atoms with E-state index < -0.39 is 5.97 Å². The third-order valence-corrected chi connectivity index (χ3v) is 7.65. The smallest absolute Gasteiger partial charge is 0.307 e. The summed E-state index contributed by atoms with van der Waals surface area (Å²) in [5.41, 5.74) is 9.52. The Labute approximate surface area is 201 Å². The van der Waals surface area contributed by atoms with Crippen LogP contribution in [0, 0.1) is 18.8 Å². The zero-order chi connectivity index (χ0) is 24.0. The van der Waals surface area contributed by atoms with Crippen LogP contribution in [-0.2, 0) is 30.7 Å². The van der Waals surface area contributed by atoms with E-state index in [4.69, 9.17) is 9.47 Å². The van der Waals surface area contributed by atoms with Gasteiger partial charge in [0.2, 0.25) is 0 Å². The van der Waals surface area contributed by atoms with Crippen molar-refractivity contribution >= 4 is 5.97 Å². The molecule has 1 fully saturated rings. The summed E-state index contributed by atoms with van der Waals surface area (Å²) in [6.07, 6.45) is 2.65. The largest absolute Gasteiger partial charge is 0.496 e. The summed E-state index contributed by atoms with van der Waals surface area (Å²) in [4.78, 5) is 11.5. The van der Waals surface area contributed by atoms with E-state index in [0.717, 1.165) is 47.5 Å². The number of aliphatic carboxylic acids is 1. The second-order valence-corrected chi connectivity index (χ2v) is 9.59. The quantitative estimate of drug-likeness (QED) is 0.429. The molecule has 4 heteroatoms. The Morgan fingerprint density at radius 3 is 2.50 bits per heavy atom. The third kappa shape index (κ3) is 3.85. The number of aryl methyl sites for hydroxylation is 3. The first-order valence-corrected chi connectivity index (χ1v) is 12.2. The Morgan fingerprint density at radius 1 is 1.00 bits per heavy atom. The Hall–Kier alpha value is -3.27. The molecule has 34 heavy (non-hydrogen) atoms. The van der Waals surface area contributed by atoms with Crippen LogP contribution in [0.15, 0.2) is 48.5 Å². The van der Waals surface area contributed by atoms with Crippen molar-refractivity contribution in [2.45, 2.75) is 52.6 Å². The van der Waals surface area contributed by atoms with Gasteiger partial charge in [-0.3, -0.25) is 4.79 Å². The van der Waals surface area contributed by atoms with Gasteiger partial charge in [-0.25, -0.2) is 0 Å². The van der Waals surface area contributed by atoms with Gasteiger partial charge in [0.05, 0.1) is 13.0 Å². The molecule has 0 heterocycles. The summed E-state index contributed by atoms with van der Waals surface area (Å²) in [6, 6.07) is 17.3. The van der Waals surface area contributed by atoms with Gasteiger partial charge in [-0.2, -0.15) is 0 Å². The maximum Gasteiger partial charge on any atom is 0.307 e. The van der Waals surface area contributed by atoms with Crippen molar-refractivity contribution in [3.8, 4) is 22.6 Å². The van der Waals surface area contributed by atoms with Crippen LogP contribution in [0.25, 0.3) is 11.1 Å². The van der Waals surface area contributed by atoms with Gasteiger partial charge in [-0.1, -0.05) is 44.2 Å². The summed E-state index contributed by atoms with van der Waals surface area (Å²) in [5.74, 6) is 1.46. The number of ether oxygens (including phenoxy) is 2. The normalized spacial score (nSPS) is 19.9. The lowest BCUT2D eigenvalue weighted by Gasteiger charge is -2.16. The van der Waals surface area contributed by atoms with Crippen LogP contribution in [0.5, 0.6) is 11.5 Å². The average molecular weight is 457 g/mol. The van der Waals surface area contributed by atoms with Gasteiger partial charge >= 0.3 is 5.97 Å². The molecule has 0 bridgehead atoms. The molecule has 0 aliphatic heterocycles. The monoisotopic (exact) mass is 456 g/mol. The number of methoxy groups -OCH3 is 1. The molecule has 0 aromatic heterocycles. The molecular weight excluding hydrogens is 424 g/mol. The van der Waals surface area contributed by atoms with Gasteiger partial charge in [-0.05, 0) is 94.8 Å². The summed E-state index contributed by atoms with van der Waals surface area (Å²) in [5, 5.41) is 9.42. The van der Waals surface area contributed by atoms with Gasteiger partial charge in [-0.15, -0.1) is 0 Å². The summed E-state index contributed by atoms with van der Waals surface area (Å²) >= 11 is 0. The standard InChI is InChI=1S/C30H32O4/c1-5-19-9-10-21(14-26(19)33-4)23-11-18(8-7-17(23)3)16-34-27-15-22-13-25-28(29(25)30(31)32)24(22)12-20(27)6-2/h7-12,14-15,25,28-29H,5-6,13,16H2,1-4H3,(H,31,32). The number of carbonyl (C=O) groups is 1. The molecule has 2 aliphatic carbocycles. The zero-order valence-electron chi connectivity index (χ0n) is 20.4. The molecule has 0 amide bonds. The highest BCUT2D eigenvalue weighted by molar-refractivity contribution is 5.78. The number of fused-ring (bicyclic) bond motifs is 3. The Bertz CT molecular complexity index is 1260. The van der Waals surface area contributed by atoms with E-state index in [0.29, 0.717) is 6.61 Å². The number of carboxylic acids is 1. The van der Waals surface area contributed by atoms with Crippen LogP contribution in [0.3, 0.4) is 0 Å². The molecule has 3 aromatic rings. The van der Waals surface area contributed by atoms with Crippen molar-refractivity contribution in [1.82, 2.24) is 0 Å². The van der Waals surface area contributed by atoms with Crippen LogP contribution in [0.4, 0.5) is 0 Å². The van der Waals surface area contributed by atoms with E-state index in [9.17, 15) is 9.90 Å². The SMILES string of the molecule is CCc1ccc(-c2cc(COc3cc4c(cc3CC)C3C(C4)C3C(=O)O)ccc2C)cc1OC. The number of rotatable bonds is 8. The molecule has 3 atom stereocenters. The van der Waals surface area contributed by atoms with Crippen molar-refractivity contribution in [2.24, 2.45) is 11.8 Å². The lowest BCUT2D eigenvalue weighted by Crippen LogP contribution is -2.06. The fraction of sp³-hybridized carbons (Fsp3) is 0.367. The molecule has 2 aliphatic rings. The van der Waals surface area contributed by atoms with Gasteiger partial charge in [0, 0.05) is 5.92 Å². The van der Waals surface area contributed by atoms with E-state index >= 15 is 0 Å². The minimum atomic E-state index is -0.656. The van der Waals surface area contributed by atoms with Crippen LogP contribution in [0.1, 0.15) is 53.1 Å². The van der Waals surface area contributed by atoms with Gasteiger partial charge in [0.15, 0.2) is 0 Å². The van der Waals surface area contributed by atoms with Crippen LogP contribution < -0.4 is 9.47 Å². The van der Waals surface area contributed by atoms with E-state index in [1.807, 2.05) is 0 Å². The van der Waals surface area contributed by atoms with E-state index in [2.05, 4.69) is 69.3 Å². The maximum atomic E-state index is 11.5. The number of hydrogen-bond acceptors (Lipinski definition) is 3. The maximum absolute atomic E-state index is 11.5. The van der Waals surface area contributed by atoms with E-state index in [1.165, 1.54) is 27.8 Å². The second kappa shape index (κ2) is 8.83. The molecular formula is C30H32O4. The van der Waals surface area contributed by atoms with Crippen LogP contribution in [-0.4, -0.2) is 18.2 Å². The second-order valence-electron chi connectivity index (χ2n) is 9.59. The van der Waals surface area contributed by atoms with E-state index in [1.54, 1.807) is 7.11 Å².